The summed E-state index contributed by atoms with van der Waals surface area (Å²) in [5.74, 6) is -0.0583. The van der Waals surface area contributed by atoms with E-state index in [0.717, 1.165) is 6.42 Å². The van der Waals surface area contributed by atoms with Gasteiger partial charge in [0.05, 0.1) is 0 Å². The summed E-state index contributed by atoms with van der Waals surface area (Å²) in [6, 6.07) is 6.57. The van der Waals surface area contributed by atoms with Crippen molar-refractivity contribution >= 4 is 17.6 Å². The van der Waals surface area contributed by atoms with Gasteiger partial charge in [0.2, 0.25) is 0 Å². The second-order valence-electron chi connectivity index (χ2n) is 4.16. The third-order valence-electron chi connectivity index (χ3n) is 2.33. The lowest BCUT2D eigenvalue weighted by Gasteiger charge is -2.11. The molecule has 0 spiro atoms. The molecule has 0 fully saturated rings. The van der Waals surface area contributed by atoms with Gasteiger partial charge in [-0.25, -0.2) is 4.79 Å². The molecule has 5 nitrogen and oxygen atoms in total. The average molecular weight is 249 g/mol. The lowest BCUT2D eigenvalue weighted by Crippen LogP contribution is -2.29. The van der Waals surface area contributed by atoms with Crippen LogP contribution in [0.2, 0.25) is 0 Å². The number of anilines is 1. The fourth-order valence-electron chi connectivity index (χ4n) is 1.37. The number of rotatable bonds is 4. The van der Waals surface area contributed by atoms with Crippen LogP contribution in [0, 0.1) is 0 Å². The van der Waals surface area contributed by atoms with Crippen molar-refractivity contribution < 1.29 is 9.59 Å². The van der Waals surface area contributed by atoms with Gasteiger partial charge in [0.15, 0.2) is 0 Å². The molecule has 1 aromatic carbocycles. The summed E-state index contributed by atoms with van der Waals surface area (Å²) in [5, 5.41) is 5.41. The van der Waals surface area contributed by atoms with E-state index in [1.165, 1.54) is 4.90 Å². The van der Waals surface area contributed by atoms with E-state index in [2.05, 4.69) is 10.6 Å². The maximum Gasteiger partial charge on any atom is 0.319 e. The van der Waals surface area contributed by atoms with Crippen molar-refractivity contribution in [1.29, 1.82) is 0 Å². The molecule has 0 aromatic heterocycles. The first kappa shape index (κ1) is 14.0. The van der Waals surface area contributed by atoms with Gasteiger partial charge in [0.25, 0.3) is 5.91 Å². The largest absolute Gasteiger partial charge is 0.345 e. The zero-order valence-corrected chi connectivity index (χ0v) is 11.0. The molecule has 0 radical (unpaired) electrons. The molecule has 0 aliphatic carbocycles. The van der Waals surface area contributed by atoms with Crippen LogP contribution in [0.25, 0.3) is 0 Å². The van der Waals surface area contributed by atoms with Crippen molar-refractivity contribution in [2.45, 2.75) is 13.3 Å². The molecule has 2 N–H and O–H groups in total. The lowest BCUT2D eigenvalue weighted by atomic mass is 10.2. The van der Waals surface area contributed by atoms with Crippen molar-refractivity contribution in [2.24, 2.45) is 0 Å². The predicted octanol–water partition coefficient (Wildman–Crippen LogP) is 1.92. The molecule has 98 valence electrons. The van der Waals surface area contributed by atoms with Crippen LogP contribution in [-0.2, 0) is 0 Å². The van der Waals surface area contributed by atoms with Crippen LogP contribution in [0.3, 0.4) is 0 Å². The number of urea groups is 1. The van der Waals surface area contributed by atoms with Crippen LogP contribution in [-0.4, -0.2) is 37.5 Å². The van der Waals surface area contributed by atoms with Gasteiger partial charge in [-0.15, -0.1) is 0 Å². The Labute approximate surface area is 107 Å². The second-order valence-corrected chi connectivity index (χ2v) is 4.16. The van der Waals surface area contributed by atoms with Crippen LogP contribution in [0.4, 0.5) is 10.5 Å². The monoisotopic (exact) mass is 249 g/mol. The number of benzene rings is 1. The highest BCUT2D eigenvalue weighted by molar-refractivity contribution is 5.95. The highest BCUT2D eigenvalue weighted by Gasteiger charge is 2.07. The first-order valence-corrected chi connectivity index (χ1v) is 5.91. The quantitative estimate of drug-likeness (QED) is 0.856. The molecule has 18 heavy (non-hydrogen) atoms. The minimum atomic E-state index is -0.233. The van der Waals surface area contributed by atoms with Crippen LogP contribution in [0.15, 0.2) is 24.3 Å². The van der Waals surface area contributed by atoms with Gasteiger partial charge >= 0.3 is 6.03 Å². The first-order valence-electron chi connectivity index (χ1n) is 5.91. The molecular formula is C13H19N3O2. The van der Waals surface area contributed by atoms with E-state index < -0.39 is 0 Å². The summed E-state index contributed by atoms with van der Waals surface area (Å²) in [4.78, 5) is 24.6. The number of hydrogen-bond acceptors (Lipinski definition) is 2. The molecule has 3 amide bonds. The summed E-state index contributed by atoms with van der Waals surface area (Å²) in [6.07, 6.45) is 0.893. The molecule has 0 atom stereocenters. The Kier molecular flexibility index (Phi) is 5.17. The molecule has 0 saturated heterocycles. The molecule has 0 heterocycles. The third kappa shape index (κ3) is 4.08. The Balaban J connectivity index is 2.60. The van der Waals surface area contributed by atoms with Gasteiger partial charge in [-0.05, 0) is 30.7 Å². The minimum absolute atomic E-state index is 0.0583. The maximum absolute atomic E-state index is 11.6. The average Bonchev–Trinajstić information content (AvgIpc) is 2.36. The van der Waals surface area contributed by atoms with Gasteiger partial charge in [-0.1, -0.05) is 6.92 Å². The SMILES string of the molecule is CCCNC(=O)Nc1ccc(C(=O)N(C)C)cc1. The van der Waals surface area contributed by atoms with Gasteiger partial charge in [0, 0.05) is 31.9 Å². The molecule has 1 rings (SSSR count). The summed E-state index contributed by atoms with van der Waals surface area (Å²) in [5.41, 5.74) is 1.26. The molecule has 0 aliphatic rings. The van der Waals surface area contributed by atoms with Crippen molar-refractivity contribution in [3.05, 3.63) is 29.8 Å². The first-order chi connectivity index (χ1) is 8.54. The Morgan fingerprint density at radius 1 is 1.17 bits per heavy atom. The summed E-state index contributed by atoms with van der Waals surface area (Å²) in [6.45, 7) is 2.63. The number of nitrogens with zero attached hydrogens (tertiary/aromatic N) is 1. The highest BCUT2D eigenvalue weighted by atomic mass is 16.2. The van der Waals surface area contributed by atoms with E-state index in [1.807, 2.05) is 6.92 Å². The summed E-state index contributed by atoms with van der Waals surface area (Å²) >= 11 is 0. The predicted molar refractivity (Wildman–Crippen MR) is 71.8 cm³/mol. The Bertz CT molecular complexity index is 413. The molecule has 5 heteroatoms. The van der Waals surface area contributed by atoms with Crippen LogP contribution in [0.1, 0.15) is 23.7 Å². The van der Waals surface area contributed by atoms with E-state index in [4.69, 9.17) is 0 Å². The van der Waals surface area contributed by atoms with E-state index >= 15 is 0 Å². The standard InChI is InChI=1S/C13H19N3O2/c1-4-9-14-13(18)15-11-7-5-10(6-8-11)12(17)16(2)3/h5-8H,4,9H2,1-3H3,(H2,14,15,18). The van der Waals surface area contributed by atoms with E-state index in [0.29, 0.717) is 17.8 Å². The zero-order valence-electron chi connectivity index (χ0n) is 11.0. The number of hydrogen-bond donors (Lipinski definition) is 2. The third-order valence-corrected chi connectivity index (χ3v) is 2.33. The molecule has 0 unspecified atom stereocenters. The zero-order chi connectivity index (χ0) is 13.5. The fourth-order valence-corrected chi connectivity index (χ4v) is 1.37. The van der Waals surface area contributed by atoms with Gasteiger partial charge in [-0.3, -0.25) is 4.79 Å². The number of carbonyl (C=O) groups is 2. The van der Waals surface area contributed by atoms with Crippen LogP contribution in [0.5, 0.6) is 0 Å². The number of amides is 3. The maximum atomic E-state index is 11.6. The van der Waals surface area contributed by atoms with Crippen molar-refractivity contribution in [1.82, 2.24) is 10.2 Å². The van der Waals surface area contributed by atoms with Gasteiger partial charge < -0.3 is 15.5 Å². The highest BCUT2D eigenvalue weighted by Crippen LogP contribution is 2.10. The summed E-state index contributed by atoms with van der Waals surface area (Å²) < 4.78 is 0. The molecule has 0 aliphatic heterocycles. The van der Waals surface area contributed by atoms with Crippen molar-refractivity contribution in [3.63, 3.8) is 0 Å². The second kappa shape index (κ2) is 6.64. The fraction of sp³-hybridized carbons (Fsp3) is 0.385. The Morgan fingerprint density at radius 3 is 2.28 bits per heavy atom. The normalized spacial score (nSPS) is 9.72. The Hall–Kier alpha value is -2.04. The van der Waals surface area contributed by atoms with Crippen LogP contribution < -0.4 is 10.6 Å². The Morgan fingerprint density at radius 2 is 1.78 bits per heavy atom. The van der Waals surface area contributed by atoms with E-state index in [9.17, 15) is 9.59 Å². The van der Waals surface area contributed by atoms with Gasteiger partial charge in [-0.2, -0.15) is 0 Å². The molecular weight excluding hydrogens is 230 g/mol. The number of carbonyl (C=O) groups excluding carboxylic acids is 2. The van der Waals surface area contributed by atoms with Crippen molar-refractivity contribution in [2.75, 3.05) is 26.0 Å². The van der Waals surface area contributed by atoms with E-state index in [1.54, 1.807) is 38.4 Å². The topological polar surface area (TPSA) is 61.4 Å². The minimum Gasteiger partial charge on any atom is -0.345 e. The number of nitrogens with one attached hydrogen (secondary N) is 2. The molecule has 1 aromatic rings. The molecule has 0 bridgehead atoms. The van der Waals surface area contributed by atoms with E-state index in [-0.39, 0.29) is 11.9 Å². The molecule has 0 saturated carbocycles. The van der Waals surface area contributed by atoms with Crippen LogP contribution >= 0.6 is 0 Å². The van der Waals surface area contributed by atoms with Crippen molar-refractivity contribution in [3.8, 4) is 0 Å². The van der Waals surface area contributed by atoms with Gasteiger partial charge in [0.1, 0.15) is 0 Å². The lowest BCUT2D eigenvalue weighted by molar-refractivity contribution is 0.0827. The summed E-state index contributed by atoms with van der Waals surface area (Å²) in [7, 11) is 3.40. The smallest absolute Gasteiger partial charge is 0.319 e.